The van der Waals surface area contributed by atoms with Crippen molar-refractivity contribution in [2.24, 2.45) is 0 Å². The number of halogens is 1. The van der Waals surface area contributed by atoms with E-state index in [4.69, 9.17) is 16.9 Å². The fourth-order valence-corrected chi connectivity index (χ4v) is 1.40. The van der Waals surface area contributed by atoms with Gasteiger partial charge in [-0.3, -0.25) is 4.79 Å². The van der Waals surface area contributed by atoms with Gasteiger partial charge in [0.05, 0.1) is 17.0 Å². The number of aryl methyl sites for hydroxylation is 1. The molecule has 0 spiro atoms. The number of ketones is 1. The zero-order valence-corrected chi connectivity index (χ0v) is 8.80. The minimum Gasteiger partial charge on any atom is -0.292 e. The molecule has 14 heavy (non-hydrogen) atoms. The van der Waals surface area contributed by atoms with Crippen LogP contribution in [-0.4, -0.2) is 11.2 Å². The highest BCUT2D eigenvalue weighted by Gasteiger charge is 2.18. The zero-order chi connectivity index (χ0) is 10.7. The summed E-state index contributed by atoms with van der Waals surface area (Å²) in [6, 6.07) is 7.17. The van der Waals surface area contributed by atoms with E-state index in [0.29, 0.717) is 11.1 Å². The van der Waals surface area contributed by atoms with Gasteiger partial charge in [0.25, 0.3) is 0 Å². The smallest absolute Gasteiger partial charge is 0.181 e. The number of carbonyl (C=O) groups is 1. The second-order valence-electron chi connectivity index (χ2n) is 3.09. The predicted molar refractivity (Wildman–Crippen MR) is 55.5 cm³/mol. The number of nitrogens with zero attached hydrogens (tertiary/aromatic N) is 1. The highest BCUT2D eigenvalue weighted by atomic mass is 35.5. The Morgan fingerprint density at radius 3 is 2.71 bits per heavy atom. The number of carbonyl (C=O) groups excluding carboxylic acids is 1. The molecule has 0 aromatic heterocycles. The van der Waals surface area contributed by atoms with Crippen LogP contribution in [0, 0.1) is 18.3 Å². The third-order valence-corrected chi connectivity index (χ3v) is 2.20. The number of hydrogen-bond acceptors (Lipinski definition) is 2. The molecule has 0 saturated carbocycles. The first-order valence-corrected chi connectivity index (χ1v) is 4.69. The molecule has 0 bridgehead atoms. The first-order chi connectivity index (χ1) is 6.57. The summed E-state index contributed by atoms with van der Waals surface area (Å²) in [4.78, 5) is 11.7. The van der Waals surface area contributed by atoms with E-state index >= 15 is 0 Å². The maximum absolute atomic E-state index is 11.7. The van der Waals surface area contributed by atoms with Gasteiger partial charge in [0.15, 0.2) is 5.78 Å². The van der Waals surface area contributed by atoms with E-state index in [0.717, 1.165) is 5.56 Å². The lowest BCUT2D eigenvalue weighted by molar-refractivity contribution is 0.0991. The lowest BCUT2D eigenvalue weighted by atomic mass is 9.97. The molecule has 0 fully saturated rings. The summed E-state index contributed by atoms with van der Waals surface area (Å²) in [7, 11) is 0. The second kappa shape index (κ2) is 4.26. The molecule has 3 heteroatoms. The van der Waals surface area contributed by atoms with Gasteiger partial charge in [0.2, 0.25) is 0 Å². The molecule has 0 saturated heterocycles. The quantitative estimate of drug-likeness (QED) is 0.553. The number of hydrogen-bond donors (Lipinski definition) is 0. The van der Waals surface area contributed by atoms with Gasteiger partial charge in [-0.25, -0.2) is 0 Å². The van der Waals surface area contributed by atoms with Crippen LogP contribution >= 0.6 is 11.6 Å². The Hall–Kier alpha value is -1.33. The fourth-order valence-electron chi connectivity index (χ4n) is 1.29. The standard InChI is InChI=1S/C11H10ClNO/c1-7-4-3-5-9(6-13)10(7)11(14)8(2)12/h3-5,8H,1-2H3. The topological polar surface area (TPSA) is 40.9 Å². The molecule has 1 atom stereocenters. The van der Waals surface area contributed by atoms with Crippen LogP contribution < -0.4 is 0 Å². The van der Waals surface area contributed by atoms with E-state index in [1.54, 1.807) is 32.0 Å². The molecule has 72 valence electrons. The van der Waals surface area contributed by atoms with Crippen molar-refractivity contribution in [3.05, 3.63) is 34.9 Å². The molecule has 0 aliphatic carbocycles. The Labute approximate surface area is 88.1 Å². The van der Waals surface area contributed by atoms with Crippen LogP contribution in [0.25, 0.3) is 0 Å². The van der Waals surface area contributed by atoms with Crippen LogP contribution in [0.5, 0.6) is 0 Å². The Balaban J connectivity index is 3.33. The van der Waals surface area contributed by atoms with E-state index in [9.17, 15) is 4.79 Å². The summed E-state index contributed by atoms with van der Waals surface area (Å²) >= 11 is 5.70. The third kappa shape index (κ3) is 1.94. The van der Waals surface area contributed by atoms with Crippen LogP contribution in [0.3, 0.4) is 0 Å². The molecular weight excluding hydrogens is 198 g/mol. The van der Waals surface area contributed by atoms with Crippen molar-refractivity contribution in [1.82, 2.24) is 0 Å². The van der Waals surface area contributed by atoms with Crippen molar-refractivity contribution in [2.45, 2.75) is 19.2 Å². The van der Waals surface area contributed by atoms with E-state index < -0.39 is 5.38 Å². The van der Waals surface area contributed by atoms with Crippen LogP contribution in [0.15, 0.2) is 18.2 Å². The summed E-state index contributed by atoms with van der Waals surface area (Å²) in [6.45, 7) is 3.41. The molecular formula is C11H10ClNO. The first-order valence-electron chi connectivity index (χ1n) is 4.26. The SMILES string of the molecule is Cc1cccc(C#N)c1C(=O)C(C)Cl. The van der Waals surface area contributed by atoms with Crippen molar-refractivity contribution in [3.8, 4) is 6.07 Å². The largest absolute Gasteiger partial charge is 0.292 e. The average molecular weight is 208 g/mol. The molecule has 0 heterocycles. The summed E-state index contributed by atoms with van der Waals surface area (Å²) in [5.74, 6) is -0.193. The Morgan fingerprint density at radius 1 is 1.57 bits per heavy atom. The van der Waals surface area contributed by atoms with Crippen LogP contribution in [-0.2, 0) is 0 Å². The minimum atomic E-state index is -0.594. The van der Waals surface area contributed by atoms with Gasteiger partial charge < -0.3 is 0 Å². The molecule has 0 aliphatic heterocycles. The average Bonchev–Trinajstić information content (AvgIpc) is 2.16. The van der Waals surface area contributed by atoms with Gasteiger partial charge in [-0.15, -0.1) is 11.6 Å². The predicted octanol–water partition coefficient (Wildman–Crippen LogP) is 2.68. The number of rotatable bonds is 2. The minimum absolute atomic E-state index is 0.193. The highest BCUT2D eigenvalue weighted by Crippen LogP contribution is 2.17. The molecule has 0 amide bonds. The van der Waals surface area contributed by atoms with Crippen LogP contribution in [0.2, 0.25) is 0 Å². The lowest BCUT2D eigenvalue weighted by Crippen LogP contribution is -2.13. The van der Waals surface area contributed by atoms with Crippen molar-refractivity contribution < 1.29 is 4.79 Å². The monoisotopic (exact) mass is 207 g/mol. The summed E-state index contributed by atoms with van der Waals surface area (Å²) < 4.78 is 0. The number of benzene rings is 1. The lowest BCUT2D eigenvalue weighted by Gasteiger charge is -2.07. The van der Waals surface area contributed by atoms with E-state index in [-0.39, 0.29) is 5.78 Å². The Morgan fingerprint density at radius 2 is 2.21 bits per heavy atom. The van der Waals surface area contributed by atoms with Crippen molar-refractivity contribution in [1.29, 1.82) is 5.26 Å². The molecule has 1 unspecified atom stereocenters. The van der Waals surface area contributed by atoms with Gasteiger partial charge in [-0.2, -0.15) is 5.26 Å². The van der Waals surface area contributed by atoms with Crippen molar-refractivity contribution in [2.75, 3.05) is 0 Å². The number of Topliss-reactive ketones (excluding diaryl/α,β-unsaturated/α-hetero) is 1. The normalized spacial score (nSPS) is 11.9. The van der Waals surface area contributed by atoms with Gasteiger partial charge in [-0.05, 0) is 25.5 Å². The van der Waals surface area contributed by atoms with Crippen molar-refractivity contribution >= 4 is 17.4 Å². The van der Waals surface area contributed by atoms with Gasteiger partial charge in [-0.1, -0.05) is 12.1 Å². The highest BCUT2D eigenvalue weighted by molar-refractivity contribution is 6.34. The molecule has 0 aliphatic rings. The van der Waals surface area contributed by atoms with Gasteiger partial charge >= 0.3 is 0 Å². The molecule has 1 rings (SSSR count). The van der Waals surface area contributed by atoms with E-state index in [2.05, 4.69) is 0 Å². The summed E-state index contributed by atoms with van der Waals surface area (Å²) in [5, 5.41) is 8.23. The third-order valence-electron chi connectivity index (χ3n) is 2.00. The molecule has 2 nitrogen and oxygen atoms in total. The summed E-state index contributed by atoms with van der Waals surface area (Å²) in [6.07, 6.45) is 0. The molecule has 0 radical (unpaired) electrons. The van der Waals surface area contributed by atoms with Crippen LogP contribution in [0.1, 0.15) is 28.4 Å². The fraction of sp³-hybridized carbons (Fsp3) is 0.273. The second-order valence-corrected chi connectivity index (χ2v) is 3.74. The Bertz CT molecular complexity index is 404. The first kappa shape index (κ1) is 10.7. The van der Waals surface area contributed by atoms with E-state index in [1.807, 2.05) is 6.07 Å². The van der Waals surface area contributed by atoms with Gasteiger partial charge in [0, 0.05) is 5.56 Å². The maximum atomic E-state index is 11.7. The Kier molecular flexibility index (Phi) is 3.27. The zero-order valence-electron chi connectivity index (χ0n) is 8.04. The number of nitriles is 1. The van der Waals surface area contributed by atoms with Crippen molar-refractivity contribution in [3.63, 3.8) is 0 Å². The van der Waals surface area contributed by atoms with Gasteiger partial charge in [0.1, 0.15) is 0 Å². The number of alkyl halides is 1. The van der Waals surface area contributed by atoms with E-state index in [1.165, 1.54) is 0 Å². The molecule has 1 aromatic carbocycles. The van der Waals surface area contributed by atoms with Crippen LogP contribution in [0.4, 0.5) is 0 Å². The maximum Gasteiger partial charge on any atom is 0.181 e. The molecule has 1 aromatic rings. The molecule has 0 N–H and O–H groups in total. The summed E-state index contributed by atoms with van der Waals surface area (Å²) in [5.41, 5.74) is 1.63.